The van der Waals surface area contributed by atoms with Gasteiger partial charge in [0.2, 0.25) is 5.91 Å². The molecule has 0 aliphatic heterocycles. The average Bonchev–Trinajstić information content (AvgIpc) is 3.44. The molecule has 3 aromatic heterocycles. The summed E-state index contributed by atoms with van der Waals surface area (Å²) in [6.45, 7) is 2.02. The number of pyridine rings is 1. The Morgan fingerprint density at radius 3 is 2.47 bits per heavy atom. The SMILES string of the molecule is Cc1ccn2c(NC(=O)CCc3ncc(-c4ccccc4)o3)c(-c3ccccc3)nc2c1. The Bertz CT molecular complexity index is 1370. The Morgan fingerprint density at radius 1 is 1.00 bits per heavy atom. The number of carbonyl (C=O) groups is 1. The van der Waals surface area contributed by atoms with Crippen LogP contribution in [-0.4, -0.2) is 20.3 Å². The van der Waals surface area contributed by atoms with Gasteiger partial charge in [-0.2, -0.15) is 0 Å². The Balaban J connectivity index is 1.35. The molecule has 32 heavy (non-hydrogen) atoms. The van der Waals surface area contributed by atoms with E-state index in [9.17, 15) is 4.79 Å². The van der Waals surface area contributed by atoms with Crippen molar-refractivity contribution in [3.05, 3.63) is 96.6 Å². The van der Waals surface area contributed by atoms with Crippen LogP contribution < -0.4 is 5.32 Å². The summed E-state index contributed by atoms with van der Waals surface area (Å²) >= 11 is 0. The summed E-state index contributed by atoms with van der Waals surface area (Å²) in [5.41, 5.74) is 4.55. The number of anilines is 1. The van der Waals surface area contributed by atoms with Crippen LogP contribution in [0.15, 0.2) is 89.6 Å². The molecule has 1 amide bonds. The maximum atomic E-state index is 12.8. The summed E-state index contributed by atoms with van der Waals surface area (Å²) < 4.78 is 7.73. The molecule has 0 fully saturated rings. The summed E-state index contributed by atoms with van der Waals surface area (Å²) in [4.78, 5) is 21.9. The Hall–Kier alpha value is -4.19. The van der Waals surface area contributed by atoms with Crippen LogP contribution in [0.3, 0.4) is 0 Å². The van der Waals surface area contributed by atoms with Gasteiger partial charge in [0.1, 0.15) is 17.2 Å². The maximum absolute atomic E-state index is 12.8. The molecule has 0 radical (unpaired) electrons. The van der Waals surface area contributed by atoms with Crippen molar-refractivity contribution in [3.8, 4) is 22.6 Å². The van der Waals surface area contributed by atoms with Crippen molar-refractivity contribution < 1.29 is 9.21 Å². The van der Waals surface area contributed by atoms with E-state index in [1.165, 1.54) is 0 Å². The lowest BCUT2D eigenvalue weighted by Gasteiger charge is -2.07. The second-order valence-electron chi connectivity index (χ2n) is 7.64. The predicted octanol–water partition coefficient (Wildman–Crippen LogP) is 5.54. The molecule has 6 nitrogen and oxygen atoms in total. The lowest BCUT2D eigenvalue weighted by molar-refractivity contribution is -0.116. The third kappa shape index (κ3) is 4.03. The quantitative estimate of drug-likeness (QED) is 0.390. The molecule has 3 heterocycles. The van der Waals surface area contributed by atoms with Gasteiger partial charge < -0.3 is 9.73 Å². The number of aromatic nitrogens is 3. The van der Waals surface area contributed by atoms with Gasteiger partial charge >= 0.3 is 0 Å². The number of rotatable bonds is 6. The first kappa shape index (κ1) is 19.8. The Kier molecular flexibility index (Phi) is 5.25. The molecule has 2 aromatic carbocycles. The van der Waals surface area contributed by atoms with Crippen molar-refractivity contribution >= 4 is 17.4 Å². The van der Waals surface area contributed by atoms with Crippen LogP contribution >= 0.6 is 0 Å². The summed E-state index contributed by atoms with van der Waals surface area (Å²) in [5, 5.41) is 3.05. The first-order valence-electron chi connectivity index (χ1n) is 10.5. The van der Waals surface area contributed by atoms with E-state index in [0.29, 0.717) is 23.9 Å². The van der Waals surface area contributed by atoms with Gasteiger partial charge in [0.25, 0.3) is 0 Å². The minimum Gasteiger partial charge on any atom is -0.441 e. The molecular weight excluding hydrogens is 400 g/mol. The van der Waals surface area contributed by atoms with Crippen LogP contribution in [0.4, 0.5) is 5.82 Å². The van der Waals surface area contributed by atoms with Gasteiger partial charge in [-0.15, -0.1) is 0 Å². The molecule has 5 aromatic rings. The van der Waals surface area contributed by atoms with Gasteiger partial charge in [-0.3, -0.25) is 9.20 Å². The average molecular weight is 422 g/mol. The van der Waals surface area contributed by atoms with E-state index in [4.69, 9.17) is 9.40 Å². The lowest BCUT2D eigenvalue weighted by atomic mass is 10.1. The molecule has 6 heteroatoms. The van der Waals surface area contributed by atoms with Gasteiger partial charge in [0.05, 0.1) is 6.20 Å². The van der Waals surface area contributed by atoms with E-state index in [-0.39, 0.29) is 12.3 Å². The smallest absolute Gasteiger partial charge is 0.226 e. The zero-order valence-electron chi connectivity index (χ0n) is 17.7. The maximum Gasteiger partial charge on any atom is 0.226 e. The first-order chi connectivity index (χ1) is 15.7. The molecule has 0 saturated heterocycles. The molecule has 1 N–H and O–H groups in total. The molecule has 0 bridgehead atoms. The molecule has 0 aliphatic rings. The fourth-order valence-electron chi connectivity index (χ4n) is 3.64. The van der Waals surface area contributed by atoms with Crippen molar-refractivity contribution in [3.63, 3.8) is 0 Å². The van der Waals surface area contributed by atoms with Crippen molar-refractivity contribution in [1.82, 2.24) is 14.4 Å². The highest BCUT2D eigenvalue weighted by atomic mass is 16.4. The Morgan fingerprint density at radius 2 is 1.72 bits per heavy atom. The van der Waals surface area contributed by atoms with Crippen LogP contribution in [0.1, 0.15) is 17.9 Å². The van der Waals surface area contributed by atoms with Crippen LogP contribution in [0.2, 0.25) is 0 Å². The highest BCUT2D eigenvalue weighted by Gasteiger charge is 2.17. The molecule has 0 saturated carbocycles. The molecule has 5 rings (SSSR count). The van der Waals surface area contributed by atoms with E-state index in [2.05, 4.69) is 10.3 Å². The summed E-state index contributed by atoms with van der Waals surface area (Å²) in [6.07, 6.45) is 4.29. The molecule has 158 valence electrons. The standard InChI is InChI=1S/C26H22N4O2/c1-18-14-15-30-22(16-18)28-25(20-10-6-3-7-11-20)26(30)29-23(31)12-13-24-27-17-21(32-24)19-8-4-2-5-9-19/h2-11,14-17H,12-13H2,1H3,(H,29,31). The van der Waals surface area contributed by atoms with Crippen molar-refractivity contribution in [2.75, 3.05) is 5.32 Å². The number of oxazole rings is 1. The zero-order chi connectivity index (χ0) is 21.9. The second kappa shape index (κ2) is 8.51. The van der Waals surface area contributed by atoms with Gasteiger partial charge in [-0.25, -0.2) is 9.97 Å². The molecular formula is C26H22N4O2. The fraction of sp³-hybridized carbons (Fsp3) is 0.115. The third-order valence-corrected chi connectivity index (χ3v) is 5.26. The largest absolute Gasteiger partial charge is 0.441 e. The second-order valence-corrected chi connectivity index (χ2v) is 7.64. The highest BCUT2D eigenvalue weighted by Crippen LogP contribution is 2.29. The van der Waals surface area contributed by atoms with E-state index in [1.54, 1.807) is 6.20 Å². The summed E-state index contributed by atoms with van der Waals surface area (Å²) in [7, 11) is 0. The van der Waals surface area contributed by atoms with Crippen LogP contribution in [0.5, 0.6) is 0 Å². The van der Waals surface area contributed by atoms with Gasteiger partial charge in [0.15, 0.2) is 11.7 Å². The molecule has 0 aliphatic carbocycles. The highest BCUT2D eigenvalue weighted by molar-refractivity contribution is 5.94. The first-order valence-corrected chi connectivity index (χ1v) is 10.5. The molecule has 0 spiro atoms. The van der Waals surface area contributed by atoms with Gasteiger partial charge in [-0.1, -0.05) is 60.7 Å². The summed E-state index contributed by atoms with van der Waals surface area (Å²) in [6, 6.07) is 23.6. The Labute approximate surface area is 185 Å². The monoisotopic (exact) mass is 422 g/mol. The zero-order valence-corrected chi connectivity index (χ0v) is 17.7. The fourth-order valence-corrected chi connectivity index (χ4v) is 3.64. The number of fused-ring (bicyclic) bond motifs is 1. The van der Waals surface area contributed by atoms with Crippen LogP contribution in [0.25, 0.3) is 28.2 Å². The summed E-state index contributed by atoms with van der Waals surface area (Å²) in [5.74, 6) is 1.78. The van der Waals surface area contributed by atoms with Crippen LogP contribution in [-0.2, 0) is 11.2 Å². The normalized spacial score (nSPS) is 11.0. The van der Waals surface area contributed by atoms with Gasteiger partial charge in [0, 0.05) is 30.2 Å². The van der Waals surface area contributed by atoms with Crippen LogP contribution in [0, 0.1) is 6.92 Å². The topological polar surface area (TPSA) is 72.4 Å². The van der Waals surface area contributed by atoms with E-state index < -0.39 is 0 Å². The minimum absolute atomic E-state index is 0.121. The van der Waals surface area contributed by atoms with E-state index in [0.717, 1.165) is 28.0 Å². The number of imidazole rings is 1. The number of aryl methyl sites for hydroxylation is 2. The van der Waals surface area contributed by atoms with E-state index in [1.807, 2.05) is 90.3 Å². The number of benzene rings is 2. The van der Waals surface area contributed by atoms with Gasteiger partial charge in [-0.05, 0) is 24.6 Å². The van der Waals surface area contributed by atoms with Crippen molar-refractivity contribution in [2.24, 2.45) is 0 Å². The third-order valence-electron chi connectivity index (χ3n) is 5.26. The minimum atomic E-state index is -0.121. The number of nitrogens with one attached hydrogen (secondary N) is 1. The number of nitrogens with zero attached hydrogens (tertiary/aromatic N) is 3. The predicted molar refractivity (Wildman–Crippen MR) is 124 cm³/mol. The number of amides is 1. The molecule has 0 atom stereocenters. The molecule has 0 unspecified atom stereocenters. The van der Waals surface area contributed by atoms with E-state index >= 15 is 0 Å². The number of hydrogen-bond acceptors (Lipinski definition) is 4. The lowest BCUT2D eigenvalue weighted by Crippen LogP contribution is -2.14. The van der Waals surface area contributed by atoms with Crippen molar-refractivity contribution in [2.45, 2.75) is 19.8 Å². The number of carbonyl (C=O) groups excluding carboxylic acids is 1. The van der Waals surface area contributed by atoms with Crippen molar-refractivity contribution in [1.29, 1.82) is 0 Å². The number of hydrogen-bond donors (Lipinski definition) is 1.